The Morgan fingerprint density at radius 2 is 1.23 bits per heavy atom. The number of halogens is 11. The molecule has 0 aliphatic heterocycles. The van der Waals surface area contributed by atoms with Crippen molar-refractivity contribution in [3.8, 4) is 0 Å². The maximum atomic E-state index is 14.5. The number of hydrogen-bond acceptors (Lipinski definition) is 2. The Hall–Kier alpha value is -3.68. The summed E-state index contributed by atoms with van der Waals surface area (Å²) in [6.07, 6.45) is -22.0. The lowest BCUT2D eigenvalue weighted by Gasteiger charge is -2.38. The average molecular weight is 585 g/mol. The predicted octanol–water partition coefficient (Wildman–Crippen LogP) is 6.69. The summed E-state index contributed by atoms with van der Waals surface area (Å²) in [5.41, 5.74) is -5.06. The van der Waals surface area contributed by atoms with Gasteiger partial charge in [0.25, 0.3) is 5.91 Å². The van der Waals surface area contributed by atoms with E-state index in [1.807, 2.05) is 5.32 Å². The number of hydrogen-bond donors (Lipinski definition) is 2. The molecule has 2 atom stereocenters. The molecule has 2 N–H and O–H groups in total. The zero-order valence-electron chi connectivity index (χ0n) is 19.8. The van der Waals surface area contributed by atoms with Crippen LogP contribution in [0.4, 0.5) is 48.3 Å². The Kier molecular flexibility index (Phi) is 8.53. The van der Waals surface area contributed by atoms with E-state index in [9.17, 15) is 58.2 Å². The summed E-state index contributed by atoms with van der Waals surface area (Å²) >= 11 is 0. The summed E-state index contributed by atoms with van der Waals surface area (Å²) < 4.78 is 149. The number of aliphatic hydroxyl groups excluding tert-OH is 1. The van der Waals surface area contributed by atoms with Crippen molar-refractivity contribution in [2.24, 2.45) is 5.92 Å². The molecule has 1 unspecified atom stereocenters. The molecule has 0 aliphatic rings. The van der Waals surface area contributed by atoms with E-state index in [1.165, 1.54) is 30.3 Å². The molecule has 1 amide bonds. The maximum absolute atomic E-state index is 14.5. The molecule has 0 bridgehead atoms. The van der Waals surface area contributed by atoms with Gasteiger partial charge in [-0.05, 0) is 47.0 Å². The van der Waals surface area contributed by atoms with Gasteiger partial charge >= 0.3 is 18.5 Å². The van der Waals surface area contributed by atoms with Crippen molar-refractivity contribution in [2.45, 2.75) is 36.6 Å². The van der Waals surface area contributed by atoms with Crippen LogP contribution in [0.2, 0.25) is 0 Å². The van der Waals surface area contributed by atoms with Gasteiger partial charge in [0.15, 0.2) is 12.0 Å². The minimum Gasteiger partial charge on any atom is -0.382 e. The highest BCUT2D eigenvalue weighted by Gasteiger charge is 2.62. The fraction of sp³-hybridized carbons (Fsp3) is 0.269. The molecule has 3 aromatic carbocycles. The standard InChI is InChI=1S/C26H18F11NO2/c27-18-8-6-15(7-9-18)23(13-14-4-2-1-3-5-14,16-10-17(24(29,30)31)12-19(28)11-16)38-22(40)20(39)21(25(32,33)34)26(35,36)37/h1-12,20-21,39H,13H2,(H,38,40)/t20?,23-/m1/s1. The highest BCUT2D eigenvalue weighted by atomic mass is 19.4. The number of nitrogens with one attached hydrogen (secondary N) is 1. The summed E-state index contributed by atoms with van der Waals surface area (Å²) in [4.78, 5) is 12.9. The summed E-state index contributed by atoms with van der Waals surface area (Å²) in [7, 11) is 0. The van der Waals surface area contributed by atoms with Gasteiger partial charge in [-0.3, -0.25) is 4.79 Å². The molecule has 0 saturated carbocycles. The van der Waals surface area contributed by atoms with Crippen LogP contribution in [-0.2, 0) is 22.9 Å². The van der Waals surface area contributed by atoms with Gasteiger partial charge in [0, 0.05) is 6.42 Å². The van der Waals surface area contributed by atoms with Crippen LogP contribution >= 0.6 is 0 Å². The third-order valence-electron chi connectivity index (χ3n) is 5.99. The number of carbonyl (C=O) groups is 1. The van der Waals surface area contributed by atoms with Crippen LogP contribution in [0.5, 0.6) is 0 Å². The zero-order valence-corrected chi connectivity index (χ0v) is 19.8. The number of benzene rings is 3. The Bertz CT molecular complexity index is 1310. The number of carbonyl (C=O) groups excluding carboxylic acids is 1. The van der Waals surface area contributed by atoms with Gasteiger partial charge < -0.3 is 10.4 Å². The van der Waals surface area contributed by atoms with E-state index in [4.69, 9.17) is 0 Å². The molecule has 0 spiro atoms. The van der Waals surface area contributed by atoms with Crippen LogP contribution in [-0.4, -0.2) is 29.5 Å². The van der Waals surface area contributed by atoms with Gasteiger partial charge in [0.1, 0.15) is 11.6 Å². The molecule has 3 nitrogen and oxygen atoms in total. The summed E-state index contributed by atoms with van der Waals surface area (Å²) in [5, 5.41) is 11.8. The fourth-order valence-corrected chi connectivity index (χ4v) is 4.17. The first kappa shape index (κ1) is 30.9. The van der Waals surface area contributed by atoms with Crippen LogP contribution in [0.25, 0.3) is 0 Å². The number of alkyl halides is 9. The summed E-state index contributed by atoms with van der Waals surface area (Å²) in [5.74, 6) is -9.26. The number of amides is 1. The molecule has 0 fully saturated rings. The first-order chi connectivity index (χ1) is 18.3. The van der Waals surface area contributed by atoms with Crippen molar-refractivity contribution in [1.82, 2.24) is 5.32 Å². The molecule has 216 valence electrons. The van der Waals surface area contributed by atoms with Crippen molar-refractivity contribution < 1.29 is 58.2 Å². The smallest absolute Gasteiger partial charge is 0.382 e. The third-order valence-corrected chi connectivity index (χ3v) is 5.99. The molecule has 0 saturated heterocycles. The van der Waals surface area contributed by atoms with Crippen LogP contribution < -0.4 is 5.32 Å². The molecule has 0 heterocycles. The second kappa shape index (κ2) is 11.1. The van der Waals surface area contributed by atoms with Gasteiger partial charge in [0.05, 0.1) is 11.1 Å². The summed E-state index contributed by atoms with van der Waals surface area (Å²) in [6, 6.07) is 11.3. The van der Waals surface area contributed by atoms with Gasteiger partial charge in [-0.2, -0.15) is 39.5 Å². The lowest BCUT2D eigenvalue weighted by atomic mass is 9.77. The van der Waals surface area contributed by atoms with Gasteiger partial charge in [-0.15, -0.1) is 0 Å². The fourth-order valence-electron chi connectivity index (χ4n) is 4.17. The lowest BCUT2D eigenvalue weighted by Crippen LogP contribution is -2.57. The van der Waals surface area contributed by atoms with E-state index in [1.54, 1.807) is 0 Å². The molecule has 0 aliphatic carbocycles. The molecule has 3 aromatic rings. The Morgan fingerprint density at radius 1 is 0.700 bits per heavy atom. The molecule has 14 heteroatoms. The van der Waals surface area contributed by atoms with E-state index >= 15 is 0 Å². The van der Waals surface area contributed by atoms with Crippen LogP contribution in [0.3, 0.4) is 0 Å². The normalized spacial score (nSPS) is 15.0. The van der Waals surface area contributed by atoms with E-state index in [0.717, 1.165) is 24.3 Å². The van der Waals surface area contributed by atoms with E-state index in [2.05, 4.69) is 0 Å². The van der Waals surface area contributed by atoms with E-state index < -0.39 is 71.2 Å². The van der Waals surface area contributed by atoms with Crippen LogP contribution in [0.1, 0.15) is 22.3 Å². The van der Waals surface area contributed by atoms with E-state index in [-0.39, 0.29) is 17.2 Å². The molecule has 0 aromatic heterocycles. The molecule has 0 radical (unpaired) electrons. The van der Waals surface area contributed by atoms with Crippen LogP contribution in [0.15, 0.2) is 72.8 Å². The van der Waals surface area contributed by atoms with Crippen LogP contribution in [0, 0.1) is 17.6 Å². The van der Waals surface area contributed by atoms with Crippen molar-refractivity contribution >= 4 is 5.91 Å². The molecule has 40 heavy (non-hydrogen) atoms. The first-order valence-electron chi connectivity index (χ1n) is 11.2. The number of rotatable bonds is 7. The van der Waals surface area contributed by atoms with Crippen molar-refractivity contribution in [2.75, 3.05) is 0 Å². The highest BCUT2D eigenvalue weighted by Crippen LogP contribution is 2.43. The maximum Gasteiger partial charge on any atom is 0.416 e. The van der Waals surface area contributed by atoms with Gasteiger partial charge in [0.2, 0.25) is 0 Å². The minimum absolute atomic E-state index is 0.0848. The zero-order chi connectivity index (χ0) is 30.1. The minimum atomic E-state index is -6.16. The second-order valence-corrected chi connectivity index (χ2v) is 8.80. The Morgan fingerprint density at radius 3 is 1.73 bits per heavy atom. The van der Waals surface area contributed by atoms with Crippen molar-refractivity contribution in [3.63, 3.8) is 0 Å². The van der Waals surface area contributed by atoms with Crippen molar-refractivity contribution in [3.05, 3.63) is 107 Å². The van der Waals surface area contributed by atoms with E-state index in [0.29, 0.717) is 12.1 Å². The lowest BCUT2D eigenvalue weighted by molar-refractivity contribution is -0.302. The molecular formula is C26H18F11NO2. The first-order valence-corrected chi connectivity index (χ1v) is 11.2. The Balaban J connectivity index is 2.31. The third kappa shape index (κ3) is 6.90. The predicted molar refractivity (Wildman–Crippen MR) is 118 cm³/mol. The Labute approximate surface area is 219 Å². The molecular weight excluding hydrogens is 567 g/mol. The SMILES string of the molecule is O=C(N[C@](Cc1ccccc1)(c1ccc(F)cc1)c1cc(F)cc(C(F)(F)F)c1)C(O)C(C(F)(F)F)C(F)(F)F. The second-order valence-electron chi connectivity index (χ2n) is 8.80. The van der Waals surface area contributed by atoms with Crippen molar-refractivity contribution in [1.29, 1.82) is 0 Å². The van der Waals surface area contributed by atoms with Gasteiger partial charge in [-0.25, -0.2) is 8.78 Å². The quantitative estimate of drug-likeness (QED) is 0.304. The number of aliphatic hydroxyl groups is 1. The topological polar surface area (TPSA) is 49.3 Å². The van der Waals surface area contributed by atoms with Gasteiger partial charge in [-0.1, -0.05) is 42.5 Å². The monoisotopic (exact) mass is 585 g/mol. The summed E-state index contributed by atoms with van der Waals surface area (Å²) in [6.45, 7) is 0. The molecule has 3 rings (SSSR count). The highest BCUT2D eigenvalue weighted by molar-refractivity contribution is 5.83. The average Bonchev–Trinajstić information content (AvgIpc) is 2.82. The largest absolute Gasteiger partial charge is 0.416 e.